The van der Waals surface area contributed by atoms with Gasteiger partial charge in [-0.3, -0.25) is 0 Å². The molecule has 6 nitrogen and oxygen atoms in total. The summed E-state index contributed by atoms with van der Waals surface area (Å²) in [5.41, 5.74) is 8.73. The molecule has 2 atom stereocenters. The molecular weight excluding hydrogens is 252 g/mol. The number of aryl methyl sites for hydroxylation is 2. The number of fused-ring (bicyclic) bond motifs is 1. The zero-order valence-corrected chi connectivity index (χ0v) is 12.1. The maximum Gasteiger partial charge on any atom is 0.226 e. The molecule has 3 rings (SSSR count). The fourth-order valence-corrected chi connectivity index (χ4v) is 2.80. The van der Waals surface area contributed by atoms with E-state index < -0.39 is 0 Å². The second-order valence-electron chi connectivity index (χ2n) is 5.60. The highest BCUT2D eigenvalue weighted by atomic mass is 15.2. The van der Waals surface area contributed by atoms with Gasteiger partial charge in [-0.2, -0.15) is 9.97 Å². The third-order valence-electron chi connectivity index (χ3n) is 3.70. The van der Waals surface area contributed by atoms with Crippen LogP contribution >= 0.6 is 0 Å². The van der Waals surface area contributed by atoms with Gasteiger partial charge in [0.25, 0.3) is 0 Å². The second kappa shape index (κ2) is 4.86. The van der Waals surface area contributed by atoms with E-state index in [0.717, 1.165) is 29.6 Å². The van der Waals surface area contributed by atoms with E-state index >= 15 is 0 Å². The van der Waals surface area contributed by atoms with E-state index in [1.807, 2.05) is 19.9 Å². The van der Waals surface area contributed by atoms with Crippen LogP contribution < -0.4 is 16.4 Å². The molecule has 3 heterocycles. The van der Waals surface area contributed by atoms with Crippen molar-refractivity contribution in [2.75, 3.05) is 17.6 Å². The molecule has 0 amide bonds. The molecule has 1 saturated heterocycles. The SMILES string of the molecule is Cc1cc(C)c2c(N)nc(NC3CNC(C)C3)nc2n1. The van der Waals surface area contributed by atoms with Crippen LogP contribution in [-0.4, -0.2) is 33.6 Å². The molecule has 0 radical (unpaired) electrons. The van der Waals surface area contributed by atoms with E-state index in [0.29, 0.717) is 29.5 Å². The number of nitrogen functional groups attached to an aromatic ring is 1. The summed E-state index contributed by atoms with van der Waals surface area (Å²) in [5.74, 6) is 1.05. The zero-order chi connectivity index (χ0) is 14.3. The smallest absolute Gasteiger partial charge is 0.226 e. The van der Waals surface area contributed by atoms with Gasteiger partial charge in [-0.05, 0) is 38.8 Å². The summed E-state index contributed by atoms with van der Waals surface area (Å²) in [6, 6.07) is 2.86. The Hall–Kier alpha value is -1.95. The number of aromatic nitrogens is 3. The molecule has 1 fully saturated rings. The Labute approximate surface area is 118 Å². The van der Waals surface area contributed by atoms with Crippen LogP contribution in [0.15, 0.2) is 6.07 Å². The minimum Gasteiger partial charge on any atom is -0.383 e. The molecule has 0 aromatic carbocycles. The van der Waals surface area contributed by atoms with Crippen molar-refractivity contribution >= 4 is 22.8 Å². The van der Waals surface area contributed by atoms with Gasteiger partial charge < -0.3 is 16.4 Å². The highest BCUT2D eigenvalue weighted by Gasteiger charge is 2.21. The van der Waals surface area contributed by atoms with Gasteiger partial charge in [0.15, 0.2) is 5.65 Å². The lowest BCUT2D eigenvalue weighted by Crippen LogP contribution is -2.24. The van der Waals surface area contributed by atoms with Gasteiger partial charge in [0.2, 0.25) is 5.95 Å². The van der Waals surface area contributed by atoms with Gasteiger partial charge in [0.1, 0.15) is 5.82 Å². The van der Waals surface area contributed by atoms with Crippen LogP contribution in [0.1, 0.15) is 24.6 Å². The minimum absolute atomic E-state index is 0.341. The molecule has 1 aliphatic heterocycles. The Morgan fingerprint density at radius 1 is 1.30 bits per heavy atom. The van der Waals surface area contributed by atoms with Crippen LogP contribution in [-0.2, 0) is 0 Å². The number of nitrogens with two attached hydrogens (primary N) is 1. The first-order valence-electron chi connectivity index (χ1n) is 6.94. The average Bonchev–Trinajstić information content (AvgIpc) is 2.73. The van der Waals surface area contributed by atoms with Crippen LogP contribution in [0.25, 0.3) is 11.0 Å². The quantitative estimate of drug-likeness (QED) is 0.765. The van der Waals surface area contributed by atoms with Crippen molar-refractivity contribution < 1.29 is 0 Å². The maximum atomic E-state index is 6.06. The molecule has 6 heteroatoms. The van der Waals surface area contributed by atoms with E-state index in [2.05, 4.69) is 32.5 Å². The van der Waals surface area contributed by atoms with E-state index in [-0.39, 0.29) is 0 Å². The van der Waals surface area contributed by atoms with Crippen LogP contribution in [0.2, 0.25) is 0 Å². The Balaban J connectivity index is 1.97. The molecule has 2 unspecified atom stereocenters. The molecule has 20 heavy (non-hydrogen) atoms. The van der Waals surface area contributed by atoms with Gasteiger partial charge in [-0.15, -0.1) is 0 Å². The number of nitrogens with one attached hydrogen (secondary N) is 2. The fourth-order valence-electron chi connectivity index (χ4n) is 2.80. The largest absolute Gasteiger partial charge is 0.383 e. The summed E-state index contributed by atoms with van der Waals surface area (Å²) < 4.78 is 0. The zero-order valence-electron chi connectivity index (χ0n) is 12.1. The number of hydrogen-bond donors (Lipinski definition) is 3. The topological polar surface area (TPSA) is 88.8 Å². The summed E-state index contributed by atoms with van der Waals surface area (Å²) in [4.78, 5) is 13.3. The van der Waals surface area contributed by atoms with Gasteiger partial charge in [0.05, 0.1) is 5.39 Å². The van der Waals surface area contributed by atoms with Crippen LogP contribution in [0.3, 0.4) is 0 Å². The normalized spacial score (nSPS) is 22.4. The lowest BCUT2D eigenvalue weighted by atomic mass is 10.1. The van der Waals surface area contributed by atoms with Crippen molar-refractivity contribution in [2.45, 2.75) is 39.3 Å². The van der Waals surface area contributed by atoms with Crippen molar-refractivity contribution in [1.82, 2.24) is 20.3 Å². The van der Waals surface area contributed by atoms with Gasteiger partial charge in [-0.1, -0.05) is 0 Å². The van der Waals surface area contributed by atoms with Gasteiger partial charge >= 0.3 is 0 Å². The standard InChI is InChI=1S/C14H20N6/c1-7-4-9(3)17-13-11(7)12(15)19-14(20-13)18-10-5-8(2)16-6-10/h4,8,10,16H,5-6H2,1-3H3,(H3,15,17,18,19,20). The van der Waals surface area contributed by atoms with E-state index in [4.69, 9.17) is 5.73 Å². The van der Waals surface area contributed by atoms with Crippen molar-refractivity contribution in [2.24, 2.45) is 0 Å². The third-order valence-corrected chi connectivity index (χ3v) is 3.70. The van der Waals surface area contributed by atoms with Crippen LogP contribution in [0.5, 0.6) is 0 Å². The molecule has 0 spiro atoms. The Kier molecular flexibility index (Phi) is 3.17. The number of pyridine rings is 1. The number of nitrogens with zero attached hydrogens (tertiary/aromatic N) is 3. The Bertz CT molecular complexity index is 654. The highest BCUT2D eigenvalue weighted by molar-refractivity contribution is 5.89. The first-order valence-corrected chi connectivity index (χ1v) is 6.94. The van der Waals surface area contributed by atoms with E-state index in [9.17, 15) is 0 Å². The molecular formula is C14H20N6. The molecule has 106 valence electrons. The number of hydrogen-bond acceptors (Lipinski definition) is 6. The van der Waals surface area contributed by atoms with E-state index in [1.54, 1.807) is 0 Å². The summed E-state index contributed by atoms with van der Waals surface area (Å²) in [7, 11) is 0. The number of anilines is 2. The molecule has 1 aliphatic rings. The predicted molar refractivity (Wildman–Crippen MR) is 80.7 cm³/mol. The van der Waals surface area contributed by atoms with E-state index in [1.165, 1.54) is 0 Å². The molecule has 2 aromatic heterocycles. The lowest BCUT2D eigenvalue weighted by Gasteiger charge is -2.13. The molecule has 2 aromatic rings. The molecule has 0 saturated carbocycles. The Morgan fingerprint density at radius 2 is 2.10 bits per heavy atom. The summed E-state index contributed by atoms with van der Waals surface area (Å²) in [6.07, 6.45) is 1.06. The fraction of sp³-hybridized carbons (Fsp3) is 0.500. The third kappa shape index (κ3) is 2.38. The minimum atomic E-state index is 0.341. The second-order valence-corrected chi connectivity index (χ2v) is 5.60. The van der Waals surface area contributed by atoms with Crippen molar-refractivity contribution in [3.05, 3.63) is 17.3 Å². The van der Waals surface area contributed by atoms with Crippen LogP contribution in [0, 0.1) is 13.8 Å². The molecule has 0 bridgehead atoms. The van der Waals surface area contributed by atoms with Crippen molar-refractivity contribution in [3.8, 4) is 0 Å². The van der Waals surface area contributed by atoms with Crippen molar-refractivity contribution in [1.29, 1.82) is 0 Å². The molecule has 4 N–H and O–H groups in total. The first kappa shape index (κ1) is 13.1. The summed E-state index contributed by atoms with van der Waals surface area (Å²) >= 11 is 0. The molecule has 0 aliphatic carbocycles. The van der Waals surface area contributed by atoms with Gasteiger partial charge in [-0.25, -0.2) is 4.98 Å². The monoisotopic (exact) mass is 272 g/mol. The summed E-state index contributed by atoms with van der Waals surface area (Å²) in [6.45, 7) is 7.06. The summed E-state index contributed by atoms with van der Waals surface area (Å²) in [5, 5.41) is 7.58. The average molecular weight is 272 g/mol. The highest BCUT2D eigenvalue weighted by Crippen LogP contribution is 2.23. The van der Waals surface area contributed by atoms with Gasteiger partial charge in [0, 0.05) is 24.3 Å². The van der Waals surface area contributed by atoms with Crippen molar-refractivity contribution in [3.63, 3.8) is 0 Å². The Morgan fingerprint density at radius 3 is 2.80 bits per heavy atom. The predicted octanol–water partition coefficient (Wildman–Crippen LogP) is 1.39. The first-order chi connectivity index (χ1) is 9.52. The maximum absolute atomic E-state index is 6.06. The lowest BCUT2D eigenvalue weighted by molar-refractivity contribution is 0.660. The number of rotatable bonds is 2. The van der Waals surface area contributed by atoms with Crippen LogP contribution in [0.4, 0.5) is 11.8 Å².